The number of nitrogens with one attached hydrogen (secondary N) is 2. The molecule has 0 atom stereocenters. The number of rotatable bonds is 7. The van der Waals surface area contributed by atoms with Gasteiger partial charge in [-0.1, -0.05) is 6.92 Å². The normalized spacial score (nSPS) is 26.0. The Balaban J connectivity index is 2.28. The van der Waals surface area contributed by atoms with Crippen molar-refractivity contribution in [2.24, 2.45) is 0 Å². The summed E-state index contributed by atoms with van der Waals surface area (Å²) >= 11 is 1.90. The van der Waals surface area contributed by atoms with E-state index in [0.29, 0.717) is 6.54 Å². The topological polar surface area (TPSA) is 58.2 Å². The van der Waals surface area contributed by atoms with Gasteiger partial charge in [0.25, 0.3) is 0 Å². The summed E-state index contributed by atoms with van der Waals surface area (Å²) in [5, 5.41) is 3.76. The minimum absolute atomic E-state index is 0.157. The Morgan fingerprint density at radius 1 is 1.24 bits per heavy atom. The SMILES string of the molecule is CCNCCS(=O)(=O)NC1CCC(SC)CC1. The van der Waals surface area contributed by atoms with Crippen molar-refractivity contribution in [3.8, 4) is 0 Å². The molecule has 0 aromatic carbocycles. The van der Waals surface area contributed by atoms with E-state index in [9.17, 15) is 8.42 Å². The van der Waals surface area contributed by atoms with Gasteiger partial charge in [0, 0.05) is 17.8 Å². The summed E-state index contributed by atoms with van der Waals surface area (Å²) in [5.41, 5.74) is 0. The molecule has 0 bridgehead atoms. The van der Waals surface area contributed by atoms with Crippen LogP contribution in [0.25, 0.3) is 0 Å². The van der Waals surface area contributed by atoms with Crippen LogP contribution in [0.5, 0.6) is 0 Å². The zero-order valence-corrected chi connectivity index (χ0v) is 12.4. The maximum atomic E-state index is 11.8. The van der Waals surface area contributed by atoms with Crippen molar-refractivity contribution in [1.82, 2.24) is 10.0 Å². The van der Waals surface area contributed by atoms with Crippen LogP contribution in [0.1, 0.15) is 32.6 Å². The van der Waals surface area contributed by atoms with Crippen LogP contribution in [0.15, 0.2) is 0 Å². The summed E-state index contributed by atoms with van der Waals surface area (Å²) < 4.78 is 26.4. The zero-order chi connectivity index (χ0) is 12.7. The van der Waals surface area contributed by atoms with E-state index in [0.717, 1.165) is 37.5 Å². The Bertz CT molecular complexity index is 299. The Hall–Kier alpha value is 0.220. The van der Waals surface area contributed by atoms with Crippen LogP contribution in [0.3, 0.4) is 0 Å². The van der Waals surface area contributed by atoms with Gasteiger partial charge < -0.3 is 5.32 Å². The number of hydrogen-bond donors (Lipinski definition) is 2. The number of sulfonamides is 1. The average molecular weight is 280 g/mol. The second-order valence-corrected chi connectivity index (χ2v) is 7.51. The quantitative estimate of drug-likeness (QED) is 0.688. The van der Waals surface area contributed by atoms with E-state index in [1.807, 2.05) is 18.7 Å². The van der Waals surface area contributed by atoms with Crippen molar-refractivity contribution in [3.05, 3.63) is 0 Å². The van der Waals surface area contributed by atoms with E-state index >= 15 is 0 Å². The van der Waals surface area contributed by atoms with Crippen LogP contribution in [0.4, 0.5) is 0 Å². The monoisotopic (exact) mass is 280 g/mol. The standard InChI is InChI=1S/C11H24N2O2S2/c1-3-12-8-9-17(14,15)13-10-4-6-11(16-2)7-5-10/h10-13H,3-9H2,1-2H3. The molecule has 2 N–H and O–H groups in total. The maximum absolute atomic E-state index is 11.8. The molecule has 102 valence electrons. The minimum atomic E-state index is -3.10. The largest absolute Gasteiger partial charge is 0.316 e. The molecule has 0 saturated heterocycles. The molecule has 17 heavy (non-hydrogen) atoms. The third kappa shape index (κ3) is 6.08. The highest BCUT2D eigenvalue weighted by Gasteiger charge is 2.23. The van der Waals surface area contributed by atoms with E-state index in [1.54, 1.807) is 0 Å². The molecular weight excluding hydrogens is 256 g/mol. The molecule has 0 spiro atoms. The van der Waals surface area contributed by atoms with Crippen molar-refractivity contribution < 1.29 is 8.42 Å². The summed E-state index contributed by atoms with van der Waals surface area (Å²) in [5.74, 6) is 0.184. The molecule has 1 aliphatic rings. The van der Waals surface area contributed by atoms with Gasteiger partial charge in [0.05, 0.1) is 5.75 Å². The number of hydrogen-bond acceptors (Lipinski definition) is 4. The van der Waals surface area contributed by atoms with Crippen molar-refractivity contribution >= 4 is 21.8 Å². The first kappa shape index (κ1) is 15.3. The lowest BCUT2D eigenvalue weighted by atomic mass is 9.96. The van der Waals surface area contributed by atoms with Gasteiger partial charge in [0.2, 0.25) is 10.0 Å². The minimum Gasteiger partial charge on any atom is -0.316 e. The lowest BCUT2D eigenvalue weighted by Crippen LogP contribution is -2.41. The van der Waals surface area contributed by atoms with Gasteiger partial charge in [-0.25, -0.2) is 13.1 Å². The second kappa shape index (κ2) is 7.61. The second-order valence-electron chi connectivity index (χ2n) is 4.50. The van der Waals surface area contributed by atoms with E-state index in [2.05, 4.69) is 16.3 Å². The average Bonchev–Trinajstić information content (AvgIpc) is 2.30. The van der Waals surface area contributed by atoms with Crippen LogP contribution < -0.4 is 10.0 Å². The van der Waals surface area contributed by atoms with Gasteiger partial charge in [-0.05, 0) is 38.5 Å². The highest BCUT2D eigenvalue weighted by Crippen LogP contribution is 2.27. The predicted molar refractivity (Wildman–Crippen MR) is 75.0 cm³/mol. The first-order chi connectivity index (χ1) is 8.07. The first-order valence-corrected chi connectivity index (χ1v) is 9.25. The Kier molecular flexibility index (Phi) is 6.84. The Morgan fingerprint density at radius 2 is 1.88 bits per heavy atom. The molecule has 0 aromatic rings. The van der Waals surface area contributed by atoms with Crippen LogP contribution in [0.2, 0.25) is 0 Å². The smallest absolute Gasteiger partial charge is 0.213 e. The highest BCUT2D eigenvalue weighted by molar-refractivity contribution is 7.99. The molecular formula is C11H24N2O2S2. The van der Waals surface area contributed by atoms with Crippen molar-refractivity contribution in [3.63, 3.8) is 0 Å². The van der Waals surface area contributed by atoms with Crippen LogP contribution >= 0.6 is 11.8 Å². The molecule has 4 nitrogen and oxygen atoms in total. The summed E-state index contributed by atoms with van der Waals surface area (Å²) in [6.45, 7) is 3.32. The predicted octanol–water partition coefficient (Wildman–Crippen LogP) is 1.19. The summed E-state index contributed by atoms with van der Waals surface area (Å²) in [6, 6.07) is 0.157. The third-order valence-electron chi connectivity index (χ3n) is 3.15. The lowest BCUT2D eigenvalue weighted by Gasteiger charge is -2.27. The fourth-order valence-electron chi connectivity index (χ4n) is 2.11. The van der Waals surface area contributed by atoms with Gasteiger partial charge in [-0.2, -0.15) is 11.8 Å². The third-order valence-corrected chi connectivity index (χ3v) is 5.72. The van der Waals surface area contributed by atoms with Gasteiger partial charge in [0.15, 0.2) is 0 Å². The first-order valence-electron chi connectivity index (χ1n) is 6.31. The summed E-state index contributed by atoms with van der Waals surface area (Å²) in [7, 11) is -3.10. The van der Waals surface area contributed by atoms with Crippen LogP contribution in [0, 0.1) is 0 Å². The number of thioether (sulfide) groups is 1. The molecule has 6 heteroatoms. The molecule has 1 saturated carbocycles. The molecule has 0 aliphatic heterocycles. The molecule has 0 aromatic heterocycles. The molecule has 1 aliphatic carbocycles. The van der Waals surface area contributed by atoms with Gasteiger partial charge in [-0.15, -0.1) is 0 Å². The van der Waals surface area contributed by atoms with Crippen molar-refractivity contribution in [1.29, 1.82) is 0 Å². The van der Waals surface area contributed by atoms with Gasteiger partial charge in [0.1, 0.15) is 0 Å². The Morgan fingerprint density at radius 3 is 2.41 bits per heavy atom. The zero-order valence-electron chi connectivity index (χ0n) is 10.7. The molecule has 1 fully saturated rings. The highest BCUT2D eigenvalue weighted by atomic mass is 32.2. The molecule has 0 amide bonds. The fourth-order valence-corrected chi connectivity index (χ4v) is 4.13. The van der Waals surface area contributed by atoms with Crippen LogP contribution in [-0.2, 0) is 10.0 Å². The summed E-state index contributed by atoms with van der Waals surface area (Å²) in [4.78, 5) is 0. The van der Waals surface area contributed by atoms with E-state index < -0.39 is 10.0 Å². The van der Waals surface area contributed by atoms with Crippen molar-refractivity contribution in [2.75, 3.05) is 25.1 Å². The molecule has 0 heterocycles. The van der Waals surface area contributed by atoms with Gasteiger partial charge in [-0.3, -0.25) is 0 Å². The van der Waals surface area contributed by atoms with Gasteiger partial charge >= 0.3 is 0 Å². The molecule has 0 unspecified atom stereocenters. The molecule has 1 rings (SSSR count). The van der Waals surface area contributed by atoms with Crippen LogP contribution in [-0.4, -0.2) is 44.8 Å². The van der Waals surface area contributed by atoms with Crippen molar-refractivity contribution in [2.45, 2.75) is 43.9 Å². The van der Waals surface area contributed by atoms with E-state index in [-0.39, 0.29) is 11.8 Å². The maximum Gasteiger partial charge on any atom is 0.213 e. The molecule has 0 radical (unpaired) electrons. The Labute approximate surface area is 109 Å². The van der Waals surface area contributed by atoms with E-state index in [1.165, 1.54) is 0 Å². The lowest BCUT2D eigenvalue weighted by molar-refractivity contribution is 0.419. The fraction of sp³-hybridized carbons (Fsp3) is 1.00. The van der Waals surface area contributed by atoms with E-state index in [4.69, 9.17) is 0 Å². The summed E-state index contributed by atoms with van der Waals surface area (Å²) in [6.07, 6.45) is 6.34.